The molecule has 0 atom stereocenters. The first-order valence-electron chi connectivity index (χ1n) is 7.41. The predicted octanol–water partition coefficient (Wildman–Crippen LogP) is 5.05. The summed E-state index contributed by atoms with van der Waals surface area (Å²) in [6.07, 6.45) is 0. The Morgan fingerprint density at radius 2 is 1.24 bits per heavy atom. The van der Waals surface area contributed by atoms with E-state index in [9.17, 15) is 4.57 Å². The van der Waals surface area contributed by atoms with Gasteiger partial charge in [-0.05, 0) is 0 Å². The van der Waals surface area contributed by atoms with E-state index in [4.69, 9.17) is 0 Å². The van der Waals surface area contributed by atoms with Crippen LogP contribution in [0, 0.1) is 10.8 Å². The van der Waals surface area contributed by atoms with Gasteiger partial charge in [-0.2, -0.15) is 0 Å². The quantitative estimate of drug-likeness (QED) is 0.735. The van der Waals surface area contributed by atoms with Crippen molar-refractivity contribution in [1.82, 2.24) is 5.32 Å². The minimum atomic E-state index is -2.66. The molecule has 1 aromatic carbocycles. The molecule has 0 fully saturated rings. The maximum absolute atomic E-state index is 13.6. The number of benzene rings is 1. The topological polar surface area (TPSA) is 29.1 Å². The smallest absolute Gasteiger partial charge is 0.160 e. The lowest BCUT2D eigenvalue weighted by Gasteiger charge is -2.35. The Labute approximate surface area is 128 Å². The van der Waals surface area contributed by atoms with Crippen LogP contribution in [0.3, 0.4) is 0 Å². The average Bonchev–Trinajstić information content (AvgIpc) is 2.37. The molecule has 2 rings (SSSR count). The van der Waals surface area contributed by atoms with Crippen LogP contribution in [0.5, 0.6) is 0 Å². The second-order valence-electron chi connectivity index (χ2n) is 7.76. The molecular weight excluding hydrogens is 277 g/mol. The fourth-order valence-corrected chi connectivity index (χ4v) is 4.88. The van der Waals surface area contributed by atoms with E-state index in [1.807, 2.05) is 42.0 Å². The molecule has 0 aliphatic carbocycles. The summed E-state index contributed by atoms with van der Waals surface area (Å²) in [5.74, 6) is 3.88. The number of hydrogen-bond acceptors (Lipinski definition) is 2. The van der Waals surface area contributed by atoms with Crippen LogP contribution in [0.15, 0.2) is 53.4 Å². The van der Waals surface area contributed by atoms with Crippen LogP contribution in [0.25, 0.3) is 0 Å². The van der Waals surface area contributed by atoms with Crippen LogP contribution >= 0.6 is 7.14 Å². The van der Waals surface area contributed by atoms with E-state index in [1.165, 1.54) is 0 Å². The van der Waals surface area contributed by atoms with Crippen molar-refractivity contribution in [2.24, 2.45) is 10.8 Å². The molecule has 0 bridgehead atoms. The summed E-state index contributed by atoms with van der Waals surface area (Å²) in [5, 5.41) is 4.41. The van der Waals surface area contributed by atoms with Crippen molar-refractivity contribution in [1.29, 1.82) is 0 Å². The molecule has 0 amide bonds. The highest BCUT2D eigenvalue weighted by Gasteiger charge is 2.33. The van der Waals surface area contributed by atoms with E-state index in [0.717, 1.165) is 16.7 Å². The van der Waals surface area contributed by atoms with Gasteiger partial charge < -0.3 is 9.88 Å². The fourth-order valence-electron chi connectivity index (χ4n) is 2.20. The van der Waals surface area contributed by atoms with Gasteiger partial charge in [-0.3, -0.25) is 0 Å². The lowest BCUT2D eigenvalue weighted by molar-refractivity contribution is 0.424. The molecule has 1 heterocycles. The van der Waals surface area contributed by atoms with Gasteiger partial charge in [0.1, 0.15) is 0 Å². The van der Waals surface area contributed by atoms with Crippen LogP contribution in [-0.4, -0.2) is 0 Å². The summed E-state index contributed by atoms with van der Waals surface area (Å²) < 4.78 is 13.6. The largest absolute Gasteiger partial charge is 0.361 e. The van der Waals surface area contributed by atoms with Crippen LogP contribution in [0.1, 0.15) is 41.5 Å². The van der Waals surface area contributed by atoms with Gasteiger partial charge in [0, 0.05) is 39.2 Å². The van der Waals surface area contributed by atoms with Gasteiger partial charge in [-0.25, -0.2) is 0 Å². The normalized spacial score (nSPS) is 18.6. The number of hydrogen-bond donors (Lipinski definition) is 1. The third kappa shape index (κ3) is 3.49. The summed E-state index contributed by atoms with van der Waals surface area (Å²) in [7, 11) is -2.66. The molecule has 0 aromatic heterocycles. The van der Waals surface area contributed by atoms with E-state index in [1.54, 1.807) is 0 Å². The molecular formula is C18H26NOP. The predicted molar refractivity (Wildman–Crippen MR) is 91.9 cm³/mol. The molecule has 0 saturated heterocycles. The second kappa shape index (κ2) is 5.18. The van der Waals surface area contributed by atoms with Crippen molar-refractivity contribution in [2.45, 2.75) is 41.5 Å². The molecule has 3 heteroatoms. The van der Waals surface area contributed by atoms with E-state index >= 15 is 0 Å². The molecule has 2 nitrogen and oxygen atoms in total. The highest BCUT2D eigenvalue weighted by molar-refractivity contribution is 7.77. The third-order valence-electron chi connectivity index (χ3n) is 3.69. The Hall–Kier alpha value is -1.27. The minimum absolute atomic E-state index is 0.0603. The molecule has 114 valence electrons. The van der Waals surface area contributed by atoms with E-state index in [0.29, 0.717) is 0 Å². The van der Waals surface area contributed by atoms with Crippen LogP contribution in [0.2, 0.25) is 0 Å². The van der Waals surface area contributed by atoms with Crippen molar-refractivity contribution in [3.8, 4) is 0 Å². The molecule has 21 heavy (non-hydrogen) atoms. The third-order valence-corrected chi connectivity index (χ3v) is 6.08. The second-order valence-corrected chi connectivity index (χ2v) is 10.2. The standard InChI is InChI=1S/C18H26NOP/c1-17(2,3)15-12-21(20,14-10-8-7-9-11-14)13-16(19-15)18(4,5)6/h7-13,19H,1-6H3. The molecule has 1 aliphatic rings. The van der Waals surface area contributed by atoms with Gasteiger partial charge in [0.05, 0.1) is 0 Å². The Morgan fingerprint density at radius 3 is 1.62 bits per heavy atom. The van der Waals surface area contributed by atoms with Gasteiger partial charge in [0.25, 0.3) is 0 Å². The maximum atomic E-state index is 13.6. The summed E-state index contributed by atoms with van der Waals surface area (Å²) in [5.41, 5.74) is 1.97. The zero-order valence-electron chi connectivity index (χ0n) is 13.9. The Balaban J connectivity index is 2.61. The number of allylic oxidation sites excluding steroid dienone is 2. The average molecular weight is 303 g/mol. The van der Waals surface area contributed by atoms with Gasteiger partial charge in [-0.15, -0.1) is 0 Å². The van der Waals surface area contributed by atoms with Gasteiger partial charge >= 0.3 is 0 Å². The van der Waals surface area contributed by atoms with Gasteiger partial charge in [0.15, 0.2) is 7.14 Å². The lowest BCUT2D eigenvalue weighted by Crippen LogP contribution is -2.32. The molecule has 1 aliphatic heterocycles. The summed E-state index contributed by atoms with van der Waals surface area (Å²) in [6.45, 7) is 12.9. The van der Waals surface area contributed by atoms with Crippen molar-refractivity contribution in [3.63, 3.8) is 0 Å². The van der Waals surface area contributed by atoms with Crippen molar-refractivity contribution < 1.29 is 4.57 Å². The first-order valence-corrected chi connectivity index (χ1v) is 9.26. The van der Waals surface area contributed by atoms with Crippen molar-refractivity contribution in [2.75, 3.05) is 0 Å². The van der Waals surface area contributed by atoms with Gasteiger partial charge in [-0.1, -0.05) is 71.9 Å². The SMILES string of the molecule is CC(C)(C)C1=CP(=O)(c2ccccc2)C=C(C(C)(C)C)N1. The van der Waals surface area contributed by atoms with Gasteiger partial charge in [0.2, 0.25) is 0 Å². The summed E-state index contributed by atoms with van der Waals surface area (Å²) in [4.78, 5) is 0. The summed E-state index contributed by atoms with van der Waals surface area (Å²) in [6, 6.07) is 9.78. The summed E-state index contributed by atoms with van der Waals surface area (Å²) >= 11 is 0. The highest BCUT2D eigenvalue weighted by Crippen LogP contribution is 2.54. The Bertz CT molecular complexity index is 593. The Kier molecular flexibility index (Phi) is 3.97. The molecule has 1 aromatic rings. The molecule has 0 unspecified atom stereocenters. The van der Waals surface area contributed by atoms with Crippen LogP contribution in [-0.2, 0) is 4.57 Å². The fraction of sp³-hybridized carbons (Fsp3) is 0.444. The zero-order chi connectivity index (χ0) is 15.9. The lowest BCUT2D eigenvalue weighted by atomic mass is 9.89. The first-order chi connectivity index (χ1) is 9.52. The number of nitrogens with one attached hydrogen (secondary N) is 1. The molecule has 0 spiro atoms. The van der Waals surface area contributed by atoms with E-state index in [2.05, 4.69) is 46.9 Å². The van der Waals surface area contributed by atoms with Crippen LogP contribution < -0.4 is 10.6 Å². The molecule has 1 N–H and O–H groups in total. The van der Waals surface area contributed by atoms with Crippen LogP contribution in [0.4, 0.5) is 0 Å². The molecule has 0 radical (unpaired) electrons. The maximum Gasteiger partial charge on any atom is 0.160 e. The van der Waals surface area contributed by atoms with Crippen molar-refractivity contribution >= 4 is 12.4 Å². The highest BCUT2D eigenvalue weighted by atomic mass is 31.2. The van der Waals surface area contributed by atoms with E-state index < -0.39 is 7.14 Å². The van der Waals surface area contributed by atoms with E-state index in [-0.39, 0.29) is 10.8 Å². The molecule has 0 saturated carbocycles. The first kappa shape index (κ1) is 16.1. The zero-order valence-corrected chi connectivity index (χ0v) is 14.8. The Morgan fingerprint density at radius 1 is 0.810 bits per heavy atom. The number of rotatable bonds is 1. The monoisotopic (exact) mass is 303 g/mol. The minimum Gasteiger partial charge on any atom is -0.361 e. The van der Waals surface area contributed by atoms with Crippen molar-refractivity contribution in [3.05, 3.63) is 53.4 Å².